The molecule has 18 heavy (non-hydrogen) atoms. The number of carbonyl (C=O) groups excluding carboxylic acids is 2. The molecule has 0 radical (unpaired) electrons. The zero-order valence-electron chi connectivity index (χ0n) is 11.1. The second-order valence-corrected chi connectivity index (χ2v) is 4.86. The molecule has 0 heterocycles. The number of carbonyl (C=O) groups is 2. The van der Waals surface area contributed by atoms with Crippen molar-refractivity contribution in [2.75, 3.05) is 5.33 Å². The zero-order valence-corrected chi connectivity index (χ0v) is 12.7. The third-order valence-electron chi connectivity index (χ3n) is 2.43. The van der Waals surface area contributed by atoms with Gasteiger partial charge in [-0.1, -0.05) is 55.3 Å². The van der Waals surface area contributed by atoms with E-state index in [0.29, 0.717) is 11.1 Å². The third-order valence-corrected chi connectivity index (χ3v) is 2.94. The Hall–Kier alpha value is -1.16. The normalized spacial score (nSPS) is 9.61. The monoisotopic (exact) mass is 313 g/mol. The highest BCUT2D eigenvalue weighted by Crippen LogP contribution is 2.05. The lowest BCUT2D eigenvalue weighted by Gasteiger charge is -1.98. The van der Waals surface area contributed by atoms with E-state index in [1.807, 2.05) is 0 Å². The van der Waals surface area contributed by atoms with Crippen molar-refractivity contribution in [3.63, 3.8) is 0 Å². The first-order chi connectivity index (χ1) is 8.42. The molecule has 1 aromatic rings. The number of rotatable bonds is 4. The minimum Gasteiger partial charge on any atom is -0.366 e. The first kappa shape index (κ1) is 16.8. The van der Waals surface area contributed by atoms with E-state index < -0.39 is 5.91 Å². The van der Waals surface area contributed by atoms with E-state index in [9.17, 15) is 9.59 Å². The Labute approximate surface area is 117 Å². The highest BCUT2D eigenvalue weighted by molar-refractivity contribution is 9.09. The summed E-state index contributed by atoms with van der Waals surface area (Å²) in [5.74, 6) is 0.379. The molecule has 100 valence electrons. The van der Waals surface area contributed by atoms with Gasteiger partial charge >= 0.3 is 0 Å². The number of ketones is 1. The summed E-state index contributed by atoms with van der Waals surface area (Å²) in [6.45, 7) is 6.64. The molecule has 0 atom stereocenters. The smallest absolute Gasteiger partial charge is 0.248 e. The van der Waals surface area contributed by atoms with E-state index in [1.165, 1.54) is 18.6 Å². The Morgan fingerprint density at radius 1 is 1.17 bits per heavy atom. The van der Waals surface area contributed by atoms with Gasteiger partial charge in [0.05, 0.1) is 5.33 Å². The first-order valence-electron chi connectivity index (χ1n) is 5.91. The van der Waals surface area contributed by atoms with Crippen molar-refractivity contribution < 1.29 is 9.59 Å². The lowest BCUT2D eigenvalue weighted by Crippen LogP contribution is -2.11. The number of hydrogen-bond acceptors (Lipinski definition) is 2. The molecular weight excluding hydrogens is 294 g/mol. The van der Waals surface area contributed by atoms with Crippen molar-refractivity contribution in [2.45, 2.75) is 27.2 Å². The molecule has 0 aliphatic carbocycles. The van der Waals surface area contributed by atoms with Crippen molar-refractivity contribution in [3.8, 4) is 0 Å². The summed E-state index contributed by atoms with van der Waals surface area (Å²) in [6, 6.07) is 6.25. The molecule has 0 aromatic heterocycles. The first-order valence-corrected chi connectivity index (χ1v) is 7.03. The lowest BCUT2D eigenvalue weighted by atomic mass is 10.1. The fourth-order valence-electron chi connectivity index (χ4n) is 0.898. The maximum absolute atomic E-state index is 11.1. The highest BCUT2D eigenvalue weighted by atomic mass is 79.9. The average molecular weight is 314 g/mol. The van der Waals surface area contributed by atoms with Crippen LogP contribution in [-0.4, -0.2) is 17.0 Å². The van der Waals surface area contributed by atoms with Gasteiger partial charge in [-0.2, -0.15) is 0 Å². The van der Waals surface area contributed by atoms with E-state index in [4.69, 9.17) is 5.73 Å². The Kier molecular flexibility index (Phi) is 8.29. The van der Waals surface area contributed by atoms with E-state index in [-0.39, 0.29) is 11.1 Å². The summed E-state index contributed by atoms with van der Waals surface area (Å²) in [5.41, 5.74) is 6.02. The van der Waals surface area contributed by atoms with Gasteiger partial charge in [0.15, 0.2) is 5.78 Å². The van der Waals surface area contributed by atoms with Crippen LogP contribution in [0.1, 0.15) is 47.9 Å². The minimum atomic E-state index is -0.488. The fourth-order valence-corrected chi connectivity index (χ4v) is 1.22. The summed E-state index contributed by atoms with van der Waals surface area (Å²) in [7, 11) is 0. The van der Waals surface area contributed by atoms with E-state index in [0.717, 1.165) is 5.92 Å². The van der Waals surface area contributed by atoms with Crippen LogP contribution >= 0.6 is 15.9 Å². The SMILES string of the molecule is CCC(C)C.NC(=O)c1ccc(C(=O)CBr)cc1. The molecule has 0 aliphatic rings. The number of primary amides is 1. The molecule has 0 unspecified atom stereocenters. The largest absolute Gasteiger partial charge is 0.366 e. The number of amides is 1. The van der Waals surface area contributed by atoms with Gasteiger partial charge in [-0.25, -0.2) is 0 Å². The second kappa shape index (κ2) is 8.86. The highest BCUT2D eigenvalue weighted by Gasteiger charge is 2.04. The van der Waals surface area contributed by atoms with Crippen molar-refractivity contribution in [1.82, 2.24) is 0 Å². The van der Waals surface area contributed by atoms with Crippen molar-refractivity contribution in [2.24, 2.45) is 11.7 Å². The Morgan fingerprint density at radius 3 is 1.83 bits per heavy atom. The maximum atomic E-state index is 11.1. The van der Waals surface area contributed by atoms with Crippen LogP contribution in [0, 0.1) is 5.92 Å². The van der Waals surface area contributed by atoms with Crippen LogP contribution in [-0.2, 0) is 0 Å². The predicted molar refractivity (Wildman–Crippen MR) is 78.2 cm³/mol. The number of nitrogens with two attached hydrogens (primary N) is 1. The molecule has 0 bridgehead atoms. The zero-order chi connectivity index (χ0) is 14.1. The second-order valence-electron chi connectivity index (χ2n) is 4.30. The molecule has 0 spiro atoms. The molecule has 0 saturated carbocycles. The third kappa shape index (κ3) is 6.55. The molecule has 1 aromatic carbocycles. The van der Waals surface area contributed by atoms with Gasteiger partial charge in [-0.15, -0.1) is 0 Å². The lowest BCUT2D eigenvalue weighted by molar-refractivity contribution is 0.0994. The van der Waals surface area contributed by atoms with E-state index >= 15 is 0 Å². The van der Waals surface area contributed by atoms with Crippen LogP contribution in [0.5, 0.6) is 0 Å². The fraction of sp³-hybridized carbons (Fsp3) is 0.429. The van der Waals surface area contributed by atoms with Crippen molar-refractivity contribution in [1.29, 1.82) is 0 Å². The molecule has 0 fully saturated rings. The Bertz CT molecular complexity index is 385. The molecule has 0 aliphatic heterocycles. The van der Waals surface area contributed by atoms with Crippen molar-refractivity contribution in [3.05, 3.63) is 35.4 Å². The molecule has 1 amide bonds. The number of Topliss-reactive ketones (excluding diaryl/α,β-unsaturated/α-hetero) is 1. The Balaban J connectivity index is 0.000000494. The quantitative estimate of drug-likeness (QED) is 0.684. The standard InChI is InChI=1S/C9H8BrNO2.C5H12/c10-5-8(12)6-1-3-7(4-2-6)9(11)13;1-4-5(2)3/h1-4H,5H2,(H2,11,13);5H,4H2,1-3H3. The number of hydrogen-bond donors (Lipinski definition) is 1. The van der Waals surface area contributed by atoms with Crippen LogP contribution in [0.4, 0.5) is 0 Å². The molecule has 1 rings (SSSR count). The number of halogens is 1. The van der Waals surface area contributed by atoms with Crippen LogP contribution in [0.25, 0.3) is 0 Å². The molecule has 4 heteroatoms. The average Bonchev–Trinajstić information content (AvgIpc) is 2.38. The molecule has 3 nitrogen and oxygen atoms in total. The summed E-state index contributed by atoms with van der Waals surface area (Å²) < 4.78 is 0. The maximum Gasteiger partial charge on any atom is 0.248 e. The summed E-state index contributed by atoms with van der Waals surface area (Å²) >= 11 is 3.06. The van der Waals surface area contributed by atoms with Crippen LogP contribution in [0.2, 0.25) is 0 Å². The van der Waals surface area contributed by atoms with E-state index in [1.54, 1.807) is 12.1 Å². The van der Waals surface area contributed by atoms with Gasteiger partial charge < -0.3 is 5.73 Å². The van der Waals surface area contributed by atoms with Gasteiger partial charge in [-0.3, -0.25) is 9.59 Å². The Morgan fingerprint density at radius 2 is 1.56 bits per heavy atom. The van der Waals surface area contributed by atoms with Gasteiger partial charge in [-0.05, 0) is 18.1 Å². The summed E-state index contributed by atoms with van der Waals surface area (Å²) in [6.07, 6.45) is 1.31. The van der Waals surface area contributed by atoms with Crippen molar-refractivity contribution >= 4 is 27.6 Å². The topological polar surface area (TPSA) is 60.2 Å². The van der Waals surface area contributed by atoms with Gasteiger partial charge in [0, 0.05) is 11.1 Å². The van der Waals surface area contributed by atoms with Crippen LogP contribution in [0.3, 0.4) is 0 Å². The molecule has 2 N–H and O–H groups in total. The number of benzene rings is 1. The summed E-state index contributed by atoms with van der Waals surface area (Å²) in [5, 5.41) is 0.281. The van der Waals surface area contributed by atoms with Gasteiger partial charge in [0.25, 0.3) is 0 Å². The minimum absolute atomic E-state index is 0.0176. The van der Waals surface area contributed by atoms with Crippen LogP contribution < -0.4 is 5.73 Å². The van der Waals surface area contributed by atoms with Gasteiger partial charge in [0.2, 0.25) is 5.91 Å². The predicted octanol–water partition coefficient (Wildman–Crippen LogP) is 3.42. The van der Waals surface area contributed by atoms with Crippen LogP contribution in [0.15, 0.2) is 24.3 Å². The molecular formula is C14H20BrNO2. The number of alkyl halides is 1. The van der Waals surface area contributed by atoms with E-state index in [2.05, 4.69) is 36.7 Å². The molecule has 0 saturated heterocycles. The van der Waals surface area contributed by atoms with Gasteiger partial charge in [0.1, 0.15) is 0 Å². The summed E-state index contributed by atoms with van der Waals surface area (Å²) in [4.78, 5) is 21.8.